The highest BCUT2D eigenvalue weighted by Gasteiger charge is 2.21. The smallest absolute Gasteiger partial charge is 0.255 e. The Kier molecular flexibility index (Phi) is 6.85. The van der Waals surface area contributed by atoms with E-state index in [9.17, 15) is 4.79 Å². The fourth-order valence-electron chi connectivity index (χ4n) is 3.09. The highest BCUT2D eigenvalue weighted by molar-refractivity contribution is 7.98. The summed E-state index contributed by atoms with van der Waals surface area (Å²) in [7, 11) is 0. The van der Waals surface area contributed by atoms with E-state index in [1.165, 1.54) is 11.1 Å². The third-order valence-electron chi connectivity index (χ3n) is 5.04. The number of benzene rings is 2. The molecule has 1 N–H and O–H groups in total. The summed E-state index contributed by atoms with van der Waals surface area (Å²) >= 11 is 1.60. The number of nitrogens with zero attached hydrogens (tertiary/aromatic N) is 2. The molecule has 0 atom stereocenters. The van der Waals surface area contributed by atoms with Gasteiger partial charge in [-0.05, 0) is 51.8 Å². The van der Waals surface area contributed by atoms with Crippen molar-refractivity contribution in [3.05, 3.63) is 83.3 Å². The molecule has 0 saturated carbocycles. The van der Waals surface area contributed by atoms with E-state index in [0.29, 0.717) is 5.56 Å². The number of amides is 1. The molecule has 0 unspecified atom stereocenters. The maximum atomic E-state index is 13.0. The van der Waals surface area contributed by atoms with Gasteiger partial charge in [-0.1, -0.05) is 59.7 Å². The van der Waals surface area contributed by atoms with Crippen molar-refractivity contribution in [1.29, 1.82) is 0 Å². The van der Waals surface area contributed by atoms with Crippen LogP contribution >= 0.6 is 11.8 Å². The van der Waals surface area contributed by atoms with Crippen LogP contribution in [0.1, 0.15) is 68.6 Å². The van der Waals surface area contributed by atoms with Gasteiger partial charge in [0.2, 0.25) is 0 Å². The molecule has 162 valence electrons. The van der Waals surface area contributed by atoms with Gasteiger partial charge in [0, 0.05) is 29.4 Å². The number of carbonyl (C=O) groups excluding carboxylic acids is 1. The fraction of sp³-hybridized carbons (Fsp3) is 0.346. The molecule has 0 aliphatic carbocycles. The van der Waals surface area contributed by atoms with E-state index in [1.807, 2.05) is 24.3 Å². The van der Waals surface area contributed by atoms with Crippen molar-refractivity contribution in [3.63, 3.8) is 0 Å². The minimum atomic E-state index is -0.0997. The zero-order chi connectivity index (χ0) is 22.6. The molecule has 1 heterocycles. The first kappa shape index (κ1) is 23.0. The summed E-state index contributed by atoms with van der Waals surface area (Å²) < 4.78 is 0. The Morgan fingerprint density at radius 2 is 1.61 bits per heavy atom. The van der Waals surface area contributed by atoms with E-state index in [2.05, 4.69) is 75.0 Å². The van der Waals surface area contributed by atoms with Gasteiger partial charge in [0.1, 0.15) is 5.03 Å². The zero-order valence-corrected chi connectivity index (χ0v) is 20.0. The lowest BCUT2D eigenvalue weighted by Gasteiger charge is -2.26. The molecule has 4 nitrogen and oxygen atoms in total. The monoisotopic (exact) mass is 433 g/mol. The molecular weight excluding hydrogens is 402 g/mol. The lowest BCUT2D eigenvalue weighted by Crippen LogP contribution is -2.19. The number of carbonyl (C=O) groups is 1. The Morgan fingerprint density at radius 3 is 2.19 bits per heavy atom. The van der Waals surface area contributed by atoms with Crippen LogP contribution in [-0.2, 0) is 16.6 Å². The SMILES string of the molecule is CC(C)(C)c1cc(NC(=O)c2cccc(CSc3cnccn3)c2)cc(C(C)(C)C)c1. The Labute approximate surface area is 189 Å². The van der Waals surface area contributed by atoms with Crippen LogP contribution in [-0.4, -0.2) is 15.9 Å². The van der Waals surface area contributed by atoms with Gasteiger partial charge < -0.3 is 5.32 Å². The van der Waals surface area contributed by atoms with Crippen LogP contribution in [0.15, 0.2) is 66.1 Å². The number of hydrogen-bond acceptors (Lipinski definition) is 4. The number of thioether (sulfide) groups is 1. The number of hydrogen-bond donors (Lipinski definition) is 1. The molecule has 0 fully saturated rings. The van der Waals surface area contributed by atoms with Crippen molar-refractivity contribution < 1.29 is 4.79 Å². The minimum Gasteiger partial charge on any atom is -0.322 e. The van der Waals surface area contributed by atoms with Gasteiger partial charge in [0.05, 0.1) is 6.20 Å². The molecule has 3 aromatic rings. The molecule has 2 aromatic carbocycles. The van der Waals surface area contributed by atoms with Gasteiger partial charge >= 0.3 is 0 Å². The number of anilines is 1. The van der Waals surface area contributed by atoms with E-state index < -0.39 is 0 Å². The highest BCUT2D eigenvalue weighted by atomic mass is 32.2. The van der Waals surface area contributed by atoms with Gasteiger partial charge in [0.15, 0.2) is 0 Å². The summed E-state index contributed by atoms with van der Waals surface area (Å²) in [6.07, 6.45) is 5.09. The maximum absolute atomic E-state index is 13.0. The van der Waals surface area contributed by atoms with Gasteiger partial charge in [-0.25, -0.2) is 4.98 Å². The van der Waals surface area contributed by atoms with E-state index in [1.54, 1.807) is 30.4 Å². The molecule has 0 aliphatic heterocycles. The second-order valence-electron chi connectivity index (χ2n) is 9.79. The first-order chi connectivity index (χ1) is 14.5. The third kappa shape index (κ3) is 6.41. The molecule has 0 aliphatic rings. The minimum absolute atomic E-state index is 0.00178. The Hall–Kier alpha value is -2.66. The summed E-state index contributed by atoms with van der Waals surface area (Å²) in [6, 6.07) is 14.2. The standard InChI is InChI=1S/C26H31N3OS/c1-25(2,3)20-13-21(26(4,5)6)15-22(14-20)29-24(30)19-9-7-8-18(12-19)17-31-23-16-27-10-11-28-23/h7-16H,17H2,1-6H3,(H,29,30). The average molecular weight is 434 g/mol. The van der Waals surface area contributed by atoms with Crippen molar-refractivity contribution in [2.45, 2.75) is 63.2 Å². The quantitative estimate of drug-likeness (QED) is 0.460. The number of rotatable bonds is 5. The summed E-state index contributed by atoms with van der Waals surface area (Å²) in [5.74, 6) is 0.630. The van der Waals surface area contributed by atoms with Crippen LogP contribution in [0.3, 0.4) is 0 Å². The largest absolute Gasteiger partial charge is 0.322 e. The van der Waals surface area contributed by atoms with Crippen LogP contribution in [0.25, 0.3) is 0 Å². The predicted octanol–water partition coefficient (Wildman–Crippen LogP) is 6.62. The molecule has 0 spiro atoms. The average Bonchev–Trinajstić information content (AvgIpc) is 2.72. The van der Waals surface area contributed by atoms with Gasteiger partial charge in [0.25, 0.3) is 5.91 Å². The molecule has 0 bridgehead atoms. The first-order valence-corrected chi connectivity index (χ1v) is 11.5. The zero-order valence-electron chi connectivity index (χ0n) is 19.2. The van der Waals surface area contributed by atoms with Crippen LogP contribution in [0.4, 0.5) is 5.69 Å². The summed E-state index contributed by atoms with van der Waals surface area (Å²) in [6.45, 7) is 13.2. The van der Waals surface area contributed by atoms with E-state index in [-0.39, 0.29) is 16.7 Å². The van der Waals surface area contributed by atoms with Crippen molar-refractivity contribution >= 4 is 23.4 Å². The van der Waals surface area contributed by atoms with Crippen LogP contribution in [0, 0.1) is 0 Å². The summed E-state index contributed by atoms with van der Waals surface area (Å²) in [5.41, 5.74) is 4.98. The molecule has 5 heteroatoms. The topological polar surface area (TPSA) is 54.9 Å². The Balaban J connectivity index is 1.79. The predicted molar refractivity (Wildman–Crippen MR) is 130 cm³/mol. The summed E-state index contributed by atoms with van der Waals surface area (Å²) in [4.78, 5) is 21.4. The van der Waals surface area contributed by atoms with Crippen LogP contribution < -0.4 is 5.32 Å². The fourth-order valence-corrected chi connectivity index (χ4v) is 3.85. The lowest BCUT2D eigenvalue weighted by atomic mass is 9.80. The van der Waals surface area contributed by atoms with E-state index >= 15 is 0 Å². The molecule has 3 rings (SSSR count). The highest BCUT2D eigenvalue weighted by Crippen LogP contribution is 2.32. The van der Waals surface area contributed by atoms with Gasteiger partial charge in [-0.3, -0.25) is 9.78 Å². The van der Waals surface area contributed by atoms with Gasteiger partial charge in [-0.2, -0.15) is 0 Å². The Bertz CT molecular complexity index is 1020. The molecule has 0 saturated heterocycles. The second-order valence-corrected chi connectivity index (χ2v) is 10.8. The lowest BCUT2D eigenvalue weighted by molar-refractivity contribution is 0.102. The van der Waals surface area contributed by atoms with E-state index in [0.717, 1.165) is 22.0 Å². The maximum Gasteiger partial charge on any atom is 0.255 e. The van der Waals surface area contributed by atoms with E-state index in [4.69, 9.17) is 0 Å². The molecule has 0 radical (unpaired) electrons. The molecule has 1 amide bonds. The molecular formula is C26H31N3OS. The van der Waals surface area contributed by atoms with Crippen LogP contribution in [0.2, 0.25) is 0 Å². The van der Waals surface area contributed by atoms with Crippen molar-refractivity contribution in [1.82, 2.24) is 9.97 Å². The number of aromatic nitrogens is 2. The van der Waals surface area contributed by atoms with Crippen molar-refractivity contribution in [2.24, 2.45) is 0 Å². The summed E-state index contributed by atoms with van der Waals surface area (Å²) in [5, 5.41) is 3.98. The van der Waals surface area contributed by atoms with Crippen molar-refractivity contribution in [2.75, 3.05) is 5.32 Å². The second kappa shape index (κ2) is 9.23. The van der Waals surface area contributed by atoms with Crippen molar-refractivity contribution in [3.8, 4) is 0 Å². The van der Waals surface area contributed by atoms with Gasteiger partial charge in [-0.15, -0.1) is 11.8 Å². The first-order valence-electron chi connectivity index (χ1n) is 10.5. The normalized spacial score (nSPS) is 11.9. The number of nitrogens with one attached hydrogen (secondary N) is 1. The Morgan fingerprint density at radius 1 is 0.935 bits per heavy atom. The molecule has 1 aromatic heterocycles. The van der Waals surface area contributed by atoms with Crippen LogP contribution in [0.5, 0.6) is 0 Å². The third-order valence-corrected chi connectivity index (χ3v) is 6.02. The molecule has 31 heavy (non-hydrogen) atoms.